The lowest BCUT2D eigenvalue weighted by molar-refractivity contribution is -0.387. The van der Waals surface area contributed by atoms with Crippen molar-refractivity contribution in [3.63, 3.8) is 0 Å². The van der Waals surface area contributed by atoms with Crippen LogP contribution < -0.4 is 11.1 Å². The zero-order chi connectivity index (χ0) is 16.6. The van der Waals surface area contributed by atoms with Gasteiger partial charge in [0.25, 0.3) is 5.91 Å². The maximum absolute atomic E-state index is 13.3. The number of hydrogen-bond donors (Lipinski definition) is 2. The minimum atomic E-state index is -5.14. The first-order valence-electron chi connectivity index (χ1n) is 5.18. The Morgan fingerprint density at radius 1 is 1.29 bits per heavy atom. The molecule has 3 N–H and O–H groups in total. The van der Waals surface area contributed by atoms with Crippen LogP contribution in [0.5, 0.6) is 0 Å². The molecule has 21 heavy (non-hydrogen) atoms. The number of carbonyl (C=O) groups excluding carboxylic acids is 1. The summed E-state index contributed by atoms with van der Waals surface area (Å²) >= 11 is 0. The molecule has 1 aromatic rings. The van der Waals surface area contributed by atoms with Gasteiger partial charge in [-0.2, -0.15) is 17.6 Å². The van der Waals surface area contributed by atoms with Crippen molar-refractivity contribution < 1.29 is 31.7 Å². The summed E-state index contributed by atoms with van der Waals surface area (Å²) in [4.78, 5) is 20.6. The standard InChI is InChI=1S/C10H8F5N3O3/c1-9(16,10(13,14)15)8(19)17-6-3-7(18(20)21)5(12)2-4(6)11/h2-3H,16H2,1H3,(H,17,19). The van der Waals surface area contributed by atoms with Crippen LogP contribution in [0.25, 0.3) is 0 Å². The molecule has 0 aliphatic heterocycles. The van der Waals surface area contributed by atoms with E-state index in [1.165, 1.54) is 5.32 Å². The van der Waals surface area contributed by atoms with Gasteiger partial charge in [-0.3, -0.25) is 14.9 Å². The second kappa shape index (κ2) is 5.24. The van der Waals surface area contributed by atoms with E-state index < -0.39 is 45.6 Å². The van der Waals surface area contributed by atoms with E-state index in [1.54, 1.807) is 0 Å². The van der Waals surface area contributed by atoms with Crippen molar-refractivity contribution in [2.24, 2.45) is 5.73 Å². The average molecular weight is 313 g/mol. The maximum atomic E-state index is 13.3. The van der Waals surface area contributed by atoms with Crippen LogP contribution in [0.15, 0.2) is 12.1 Å². The Hall–Kier alpha value is -2.30. The van der Waals surface area contributed by atoms with E-state index in [1.807, 2.05) is 0 Å². The van der Waals surface area contributed by atoms with Crippen molar-refractivity contribution in [1.29, 1.82) is 0 Å². The monoisotopic (exact) mass is 313 g/mol. The summed E-state index contributed by atoms with van der Waals surface area (Å²) < 4.78 is 63.9. The van der Waals surface area contributed by atoms with E-state index >= 15 is 0 Å². The molecule has 1 amide bonds. The first-order valence-corrected chi connectivity index (χ1v) is 5.18. The zero-order valence-electron chi connectivity index (χ0n) is 10.3. The van der Waals surface area contributed by atoms with Crippen LogP contribution >= 0.6 is 0 Å². The van der Waals surface area contributed by atoms with E-state index in [-0.39, 0.29) is 12.1 Å². The summed E-state index contributed by atoms with van der Waals surface area (Å²) in [6.45, 7) is 0.332. The SMILES string of the molecule is CC(N)(C(=O)Nc1cc([N+](=O)[O-])c(F)cc1F)C(F)(F)F. The van der Waals surface area contributed by atoms with Crippen LogP contribution in [-0.2, 0) is 4.79 Å². The van der Waals surface area contributed by atoms with Crippen molar-refractivity contribution in [3.8, 4) is 0 Å². The number of halogens is 5. The largest absolute Gasteiger partial charge is 0.415 e. The third-order valence-electron chi connectivity index (χ3n) is 2.54. The fourth-order valence-corrected chi connectivity index (χ4v) is 1.15. The average Bonchev–Trinajstić information content (AvgIpc) is 2.30. The topological polar surface area (TPSA) is 98.3 Å². The van der Waals surface area contributed by atoms with Gasteiger partial charge in [-0.05, 0) is 6.92 Å². The van der Waals surface area contributed by atoms with E-state index in [0.29, 0.717) is 6.92 Å². The highest BCUT2D eigenvalue weighted by Gasteiger charge is 2.54. The van der Waals surface area contributed by atoms with Crippen LogP contribution in [0.2, 0.25) is 0 Å². The predicted octanol–water partition coefficient (Wildman–Crippen LogP) is 2.09. The van der Waals surface area contributed by atoms with Gasteiger partial charge in [0.2, 0.25) is 5.82 Å². The molecule has 0 saturated carbocycles. The highest BCUT2D eigenvalue weighted by Crippen LogP contribution is 2.30. The van der Waals surface area contributed by atoms with Crippen molar-refractivity contribution in [1.82, 2.24) is 0 Å². The summed E-state index contributed by atoms with van der Waals surface area (Å²) in [5.41, 5.74) is -0.765. The van der Waals surface area contributed by atoms with Crippen molar-refractivity contribution in [2.45, 2.75) is 18.6 Å². The summed E-state index contributed by atoms with van der Waals surface area (Å²) in [7, 11) is 0. The Morgan fingerprint density at radius 3 is 2.24 bits per heavy atom. The first-order chi connectivity index (χ1) is 9.37. The number of anilines is 1. The highest BCUT2D eigenvalue weighted by atomic mass is 19.4. The van der Waals surface area contributed by atoms with Gasteiger partial charge < -0.3 is 11.1 Å². The number of nitrogens with two attached hydrogens (primary N) is 1. The van der Waals surface area contributed by atoms with Crippen LogP contribution in [0.3, 0.4) is 0 Å². The molecule has 0 fully saturated rings. The van der Waals surface area contributed by atoms with Crippen molar-refractivity contribution in [3.05, 3.63) is 33.9 Å². The van der Waals surface area contributed by atoms with Gasteiger partial charge in [-0.1, -0.05) is 0 Å². The number of hydrogen-bond acceptors (Lipinski definition) is 4. The lowest BCUT2D eigenvalue weighted by Gasteiger charge is -2.26. The fraction of sp³-hybridized carbons (Fsp3) is 0.300. The predicted molar refractivity (Wildman–Crippen MR) is 60.3 cm³/mol. The molecule has 0 aliphatic carbocycles. The van der Waals surface area contributed by atoms with Crippen LogP contribution in [0, 0.1) is 21.7 Å². The number of rotatable bonds is 3. The summed E-state index contributed by atoms with van der Waals surface area (Å²) in [5, 5.41) is 11.9. The molecule has 1 atom stereocenters. The molecule has 11 heteroatoms. The molecular formula is C10H8F5N3O3. The van der Waals surface area contributed by atoms with Gasteiger partial charge >= 0.3 is 11.9 Å². The third-order valence-corrected chi connectivity index (χ3v) is 2.54. The molecule has 0 bridgehead atoms. The van der Waals surface area contributed by atoms with Gasteiger partial charge in [0.1, 0.15) is 5.82 Å². The van der Waals surface area contributed by atoms with Gasteiger partial charge in [0.05, 0.1) is 10.6 Å². The van der Waals surface area contributed by atoms with Gasteiger partial charge in [0, 0.05) is 12.1 Å². The fourth-order valence-electron chi connectivity index (χ4n) is 1.15. The second-order valence-corrected chi connectivity index (χ2v) is 4.19. The van der Waals surface area contributed by atoms with Gasteiger partial charge in [-0.25, -0.2) is 4.39 Å². The van der Waals surface area contributed by atoms with Gasteiger partial charge in [-0.15, -0.1) is 0 Å². The Kier molecular flexibility index (Phi) is 4.18. The molecule has 0 radical (unpaired) electrons. The molecular weight excluding hydrogens is 305 g/mol. The van der Waals surface area contributed by atoms with Crippen molar-refractivity contribution in [2.75, 3.05) is 5.32 Å². The molecule has 0 saturated heterocycles. The van der Waals surface area contributed by atoms with E-state index in [9.17, 15) is 36.9 Å². The summed E-state index contributed by atoms with van der Waals surface area (Å²) in [6.07, 6.45) is -5.14. The molecule has 0 spiro atoms. The quantitative estimate of drug-likeness (QED) is 0.507. The minimum Gasteiger partial charge on any atom is -0.321 e. The zero-order valence-corrected chi connectivity index (χ0v) is 10.3. The molecule has 1 unspecified atom stereocenters. The summed E-state index contributed by atoms with van der Waals surface area (Å²) in [6, 6.07) is 0.324. The Labute approximate surface area is 113 Å². The number of carbonyl (C=O) groups is 1. The number of benzene rings is 1. The number of nitro groups is 1. The van der Waals surface area contributed by atoms with Crippen LogP contribution in [0.4, 0.5) is 33.3 Å². The number of amides is 1. The minimum absolute atomic E-state index is 0.0647. The van der Waals surface area contributed by atoms with Crippen LogP contribution in [-0.4, -0.2) is 22.5 Å². The molecule has 1 aromatic carbocycles. The lowest BCUT2D eigenvalue weighted by Crippen LogP contribution is -2.59. The van der Waals surface area contributed by atoms with Crippen molar-refractivity contribution >= 4 is 17.3 Å². The highest BCUT2D eigenvalue weighted by molar-refractivity contribution is 5.98. The third kappa shape index (κ3) is 3.24. The van der Waals surface area contributed by atoms with E-state index in [2.05, 4.69) is 0 Å². The normalized spacial score (nSPS) is 14.4. The molecule has 116 valence electrons. The van der Waals surface area contributed by atoms with Gasteiger partial charge in [0.15, 0.2) is 5.54 Å². The molecule has 0 aromatic heterocycles. The number of nitrogens with zero attached hydrogens (tertiary/aromatic N) is 1. The Balaban J connectivity index is 3.17. The maximum Gasteiger partial charge on any atom is 0.415 e. The number of nitro benzene ring substituents is 1. The molecule has 1 rings (SSSR count). The smallest absolute Gasteiger partial charge is 0.321 e. The second-order valence-electron chi connectivity index (χ2n) is 4.19. The summed E-state index contributed by atoms with van der Waals surface area (Å²) in [5.74, 6) is -4.87. The molecule has 0 aliphatic rings. The number of alkyl halides is 3. The molecule has 6 nitrogen and oxygen atoms in total. The molecule has 0 heterocycles. The number of nitrogens with one attached hydrogen (secondary N) is 1. The van der Waals surface area contributed by atoms with E-state index in [0.717, 1.165) is 0 Å². The Bertz CT molecular complexity index is 600. The van der Waals surface area contributed by atoms with Crippen LogP contribution in [0.1, 0.15) is 6.92 Å². The first kappa shape index (κ1) is 16.8. The lowest BCUT2D eigenvalue weighted by atomic mass is 10.0. The van der Waals surface area contributed by atoms with E-state index in [4.69, 9.17) is 5.73 Å². The Morgan fingerprint density at radius 2 is 1.81 bits per heavy atom.